The number of ether oxygens (including phenoxy) is 2. The SMILES string of the molecule is C=C(NOCCCCOc1c(Cl)cc(OCC=C(Cl)Cl)cc1Cl)c1cccc([N+](=O)[O-])c1. The first-order valence-electron chi connectivity index (χ1n) is 9.35. The van der Waals surface area contributed by atoms with Gasteiger partial charge in [0.15, 0.2) is 5.75 Å². The number of hydroxylamine groups is 1. The lowest BCUT2D eigenvalue weighted by Gasteiger charge is -2.13. The van der Waals surface area contributed by atoms with E-state index in [0.717, 1.165) is 0 Å². The molecular formula is C21H20Cl4N2O5. The molecule has 11 heteroatoms. The van der Waals surface area contributed by atoms with Crippen molar-refractivity contribution >= 4 is 57.8 Å². The largest absolute Gasteiger partial charge is 0.490 e. The van der Waals surface area contributed by atoms with E-state index in [1.54, 1.807) is 24.3 Å². The third-order valence-electron chi connectivity index (χ3n) is 3.95. The van der Waals surface area contributed by atoms with Gasteiger partial charge >= 0.3 is 0 Å². The van der Waals surface area contributed by atoms with Gasteiger partial charge in [-0.1, -0.05) is 65.1 Å². The average Bonchev–Trinajstić information content (AvgIpc) is 2.74. The van der Waals surface area contributed by atoms with Gasteiger partial charge in [-0.15, -0.1) is 0 Å². The van der Waals surface area contributed by atoms with E-state index in [1.165, 1.54) is 18.2 Å². The summed E-state index contributed by atoms with van der Waals surface area (Å²) in [6.45, 7) is 4.74. The van der Waals surface area contributed by atoms with Crippen molar-refractivity contribution in [1.29, 1.82) is 0 Å². The molecule has 0 atom stereocenters. The number of nitro groups is 1. The molecule has 32 heavy (non-hydrogen) atoms. The van der Waals surface area contributed by atoms with E-state index < -0.39 is 4.92 Å². The maximum atomic E-state index is 10.8. The Hall–Kier alpha value is -2.16. The van der Waals surface area contributed by atoms with E-state index in [4.69, 9.17) is 60.7 Å². The molecule has 0 saturated heterocycles. The van der Waals surface area contributed by atoms with Crippen molar-refractivity contribution in [1.82, 2.24) is 5.48 Å². The number of hydrogen-bond acceptors (Lipinski definition) is 6. The molecule has 0 fully saturated rings. The highest BCUT2D eigenvalue weighted by molar-refractivity contribution is 6.55. The van der Waals surface area contributed by atoms with Crippen LogP contribution in [0.5, 0.6) is 11.5 Å². The summed E-state index contributed by atoms with van der Waals surface area (Å²) in [4.78, 5) is 15.7. The molecule has 0 aliphatic rings. The first-order valence-corrected chi connectivity index (χ1v) is 10.9. The number of nitrogens with zero attached hydrogens (tertiary/aromatic N) is 1. The maximum Gasteiger partial charge on any atom is 0.270 e. The topological polar surface area (TPSA) is 82.9 Å². The standard InChI is InChI=1S/C21H20Cl4N2O5/c1-14(15-5-4-6-16(11-15)27(28)29)26-32-9-3-2-8-31-21-18(22)12-17(13-19(21)23)30-10-7-20(24)25/h4-7,11-13,26H,1-3,8-10H2. The van der Waals surface area contributed by atoms with Gasteiger partial charge in [0, 0.05) is 29.8 Å². The average molecular weight is 522 g/mol. The summed E-state index contributed by atoms with van der Waals surface area (Å²) < 4.78 is 11.2. The monoisotopic (exact) mass is 520 g/mol. The van der Waals surface area contributed by atoms with Crippen LogP contribution in [0.25, 0.3) is 5.70 Å². The van der Waals surface area contributed by atoms with E-state index in [-0.39, 0.29) is 16.8 Å². The summed E-state index contributed by atoms with van der Waals surface area (Å²) in [7, 11) is 0. The summed E-state index contributed by atoms with van der Waals surface area (Å²) in [5, 5.41) is 11.5. The summed E-state index contributed by atoms with van der Waals surface area (Å²) >= 11 is 23.5. The van der Waals surface area contributed by atoms with Crippen molar-refractivity contribution in [2.75, 3.05) is 19.8 Å². The van der Waals surface area contributed by atoms with Crippen LogP contribution in [0.15, 0.2) is 53.5 Å². The summed E-state index contributed by atoms with van der Waals surface area (Å²) in [6, 6.07) is 9.29. The maximum absolute atomic E-state index is 10.8. The molecule has 0 aliphatic carbocycles. The lowest BCUT2D eigenvalue weighted by molar-refractivity contribution is -0.384. The quantitative estimate of drug-likeness (QED) is 0.174. The molecule has 2 rings (SSSR count). The van der Waals surface area contributed by atoms with E-state index in [0.29, 0.717) is 58.9 Å². The second kappa shape index (κ2) is 13.4. The van der Waals surface area contributed by atoms with Gasteiger partial charge < -0.3 is 9.47 Å². The zero-order valence-electron chi connectivity index (χ0n) is 16.8. The summed E-state index contributed by atoms with van der Waals surface area (Å²) in [5.74, 6) is 0.825. The molecule has 0 spiro atoms. The van der Waals surface area contributed by atoms with Crippen LogP contribution in [0, 0.1) is 10.1 Å². The number of hydrogen-bond donors (Lipinski definition) is 1. The van der Waals surface area contributed by atoms with Gasteiger partial charge in [0.2, 0.25) is 0 Å². The smallest absolute Gasteiger partial charge is 0.270 e. The molecule has 0 unspecified atom stereocenters. The fourth-order valence-corrected chi connectivity index (χ4v) is 3.12. The number of rotatable bonds is 13. The van der Waals surface area contributed by atoms with Crippen LogP contribution in [0.3, 0.4) is 0 Å². The highest BCUT2D eigenvalue weighted by Crippen LogP contribution is 2.37. The van der Waals surface area contributed by atoms with Gasteiger partial charge in [0.05, 0.1) is 33.9 Å². The minimum Gasteiger partial charge on any atom is -0.490 e. The van der Waals surface area contributed by atoms with Crippen LogP contribution >= 0.6 is 46.4 Å². The van der Waals surface area contributed by atoms with Crippen molar-refractivity contribution in [3.05, 3.63) is 79.3 Å². The number of benzene rings is 2. The fourth-order valence-electron chi connectivity index (χ4n) is 2.41. The van der Waals surface area contributed by atoms with Crippen molar-refractivity contribution in [2.45, 2.75) is 12.8 Å². The first-order chi connectivity index (χ1) is 15.3. The number of non-ortho nitro benzene ring substituents is 1. The number of unbranched alkanes of at least 4 members (excludes halogenated alkanes) is 1. The molecule has 7 nitrogen and oxygen atoms in total. The second-order valence-corrected chi connectivity index (χ2v) is 8.14. The van der Waals surface area contributed by atoms with Crippen molar-refractivity contribution in [2.24, 2.45) is 0 Å². The molecule has 0 amide bonds. The van der Waals surface area contributed by atoms with Crippen LogP contribution in [0.4, 0.5) is 5.69 Å². The Kier molecular flexibility index (Phi) is 10.9. The number of halogens is 4. The predicted octanol–water partition coefficient (Wildman–Crippen LogP) is 6.95. The third-order valence-corrected chi connectivity index (χ3v) is 4.82. The van der Waals surface area contributed by atoms with Crippen LogP contribution in [0.2, 0.25) is 10.0 Å². The Morgan fingerprint density at radius 3 is 2.44 bits per heavy atom. The lowest BCUT2D eigenvalue weighted by Crippen LogP contribution is -2.14. The minimum absolute atomic E-state index is 0.0176. The Morgan fingerprint density at radius 2 is 1.78 bits per heavy atom. The Labute approximate surface area is 205 Å². The van der Waals surface area contributed by atoms with E-state index >= 15 is 0 Å². The summed E-state index contributed by atoms with van der Waals surface area (Å²) in [5.41, 5.74) is 3.67. The van der Waals surface area contributed by atoms with Gasteiger partial charge in [-0.3, -0.25) is 20.4 Å². The molecule has 0 aliphatic heterocycles. The first kappa shape index (κ1) is 26.1. The lowest BCUT2D eigenvalue weighted by atomic mass is 10.1. The molecule has 0 radical (unpaired) electrons. The molecule has 2 aromatic rings. The van der Waals surface area contributed by atoms with Crippen molar-refractivity contribution in [3.8, 4) is 11.5 Å². The zero-order chi connectivity index (χ0) is 23.5. The van der Waals surface area contributed by atoms with Crippen LogP contribution in [0.1, 0.15) is 18.4 Å². The van der Waals surface area contributed by atoms with E-state index in [1.807, 2.05) is 0 Å². The van der Waals surface area contributed by atoms with E-state index in [9.17, 15) is 10.1 Å². The molecular weight excluding hydrogens is 502 g/mol. The molecule has 0 bridgehead atoms. The molecule has 172 valence electrons. The van der Waals surface area contributed by atoms with Gasteiger partial charge in [-0.25, -0.2) is 0 Å². The van der Waals surface area contributed by atoms with Crippen LogP contribution in [-0.2, 0) is 4.84 Å². The fraction of sp³-hybridized carbons (Fsp3) is 0.238. The Bertz CT molecular complexity index is 957. The molecule has 0 saturated carbocycles. The second-order valence-electron chi connectivity index (χ2n) is 6.31. The van der Waals surface area contributed by atoms with Crippen molar-refractivity contribution in [3.63, 3.8) is 0 Å². The highest BCUT2D eigenvalue weighted by atomic mass is 35.5. The van der Waals surface area contributed by atoms with Gasteiger partial charge in [-0.2, -0.15) is 0 Å². The third kappa shape index (κ3) is 8.76. The number of nitro benzene ring substituents is 1. The highest BCUT2D eigenvalue weighted by Gasteiger charge is 2.11. The summed E-state index contributed by atoms with van der Waals surface area (Å²) in [6.07, 6.45) is 2.84. The van der Waals surface area contributed by atoms with E-state index in [2.05, 4.69) is 12.1 Å². The predicted molar refractivity (Wildman–Crippen MR) is 128 cm³/mol. The molecule has 0 heterocycles. The molecule has 0 aromatic heterocycles. The zero-order valence-corrected chi connectivity index (χ0v) is 19.8. The van der Waals surface area contributed by atoms with Gasteiger partial charge in [-0.05, 0) is 18.9 Å². The minimum atomic E-state index is -0.467. The van der Waals surface area contributed by atoms with Crippen molar-refractivity contribution < 1.29 is 19.2 Å². The van der Waals surface area contributed by atoms with Gasteiger partial charge in [0.1, 0.15) is 16.8 Å². The normalized spacial score (nSPS) is 10.4. The van der Waals surface area contributed by atoms with Crippen LogP contribution in [-0.4, -0.2) is 24.7 Å². The molecule has 2 aromatic carbocycles. The van der Waals surface area contributed by atoms with Gasteiger partial charge in [0.25, 0.3) is 5.69 Å². The Morgan fingerprint density at radius 1 is 1.09 bits per heavy atom. The number of nitrogens with one attached hydrogen (secondary N) is 1. The Balaban J connectivity index is 1.69. The van der Waals surface area contributed by atoms with Crippen LogP contribution < -0.4 is 15.0 Å². The molecule has 1 N–H and O–H groups in total.